The summed E-state index contributed by atoms with van der Waals surface area (Å²) in [4.78, 5) is 17.3. The molecule has 1 fully saturated rings. The van der Waals surface area contributed by atoms with Crippen molar-refractivity contribution in [3.05, 3.63) is 63.5 Å². The summed E-state index contributed by atoms with van der Waals surface area (Å²) < 4.78 is 5.49. The molecule has 0 spiro atoms. The second-order valence-corrected chi connectivity index (χ2v) is 6.81. The van der Waals surface area contributed by atoms with Crippen molar-refractivity contribution in [2.75, 3.05) is 6.61 Å². The zero-order valence-electron chi connectivity index (χ0n) is 13.9. The number of rotatable bonds is 4. The minimum atomic E-state index is -0.162. The van der Waals surface area contributed by atoms with Crippen LogP contribution in [0.1, 0.15) is 18.1 Å². The van der Waals surface area contributed by atoms with Gasteiger partial charge in [-0.05, 0) is 67.1 Å². The summed E-state index contributed by atoms with van der Waals surface area (Å²) in [6.45, 7) is 4.44. The first-order chi connectivity index (χ1) is 12.1. The van der Waals surface area contributed by atoms with Gasteiger partial charge >= 0.3 is 0 Å². The van der Waals surface area contributed by atoms with E-state index in [0.29, 0.717) is 21.7 Å². The van der Waals surface area contributed by atoms with Crippen molar-refractivity contribution in [1.82, 2.24) is 5.32 Å². The van der Waals surface area contributed by atoms with Gasteiger partial charge in [0.1, 0.15) is 5.75 Å². The zero-order chi connectivity index (χ0) is 17.8. The van der Waals surface area contributed by atoms with Crippen LogP contribution in [0.2, 0.25) is 5.02 Å². The molecule has 4 nitrogen and oxygen atoms in total. The van der Waals surface area contributed by atoms with Crippen LogP contribution >= 0.6 is 23.4 Å². The van der Waals surface area contributed by atoms with E-state index in [4.69, 9.17) is 16.3 Å². The Balaban J connectivity index is 1.84. The summed E-state index contributed by atoms with van der Waals surface area (Å²) in [6, 6.07) is 13.2. The van der Waals surface area contributed by atoms with E-state index >= 15 is 0 Å². The van der Waals surface area contributed by atoms with E-state index in [-0.39, 0.29) is 5.91 Å². The maximum atomic E-state index is 12.2. The highest BCUT2D eigenvalue weighted by atomic mass is 35.5. The summed E-state index contributed by atoms with van der Waals surface area (Å²) in [7, 11) is 0. The second kappa shape index (κ2) is 7.76. The Kier molecular flexibility index (Phi) is 5.46. The van der Waals surface area contributed by atoms with E-state index in [0.717, 1.165) is 22.6 Å². The molecule has 0 radical (unpaired) electrons. The van der Waals surface area contributed by atoms with Crippen LogP contribution in [0.15, 0.2) is 52.4 Å². The highest BCUT2D eigenvalue weighted by Gasteiger charge is 2.24. The van der Waals surface area contributed by atoms with E-state index in [1.165, 1.54) is 11.8 Å². The van der Waals surface area contributed by atoms with Crippen molar-refractivity contribution in [3.8, 4) is 5.75 Å². The number of hydrogen-bond acceptors (Lipinski definition) is 4. The van der Waals surface area contributed by atoms with E-state index in [1.54, 1.807) is 0 Å². The fraction of sp³-hybridized carbons (Fsp3) is 0.158. The first kappa shape index (κ1) is 17.6. The van der Waals surface area contributed by atoms with Gasteiger partial charge in [-0.3, -0.25) is 4.79 Å². The number of amides is 1. The van der Waals surface area contributed by atoms with Gasteiger partial charge in [-0.25, -0.2) is 4.99 Å². The third-order valence-electron chi connectivity index (χ3n) is 3.58. The lowest BCUT2D eigenvalue weighted by molar-refractivity contribution is -0.115. The van der Waals surface area contributed by atoms with Crippen LogP contribution < -0.4 is 10.1 Å². The van der Waals surface area contributed by atoms with E-state index in [9.17, 15) is 4.79 Å². The third-order valence-corrected chi connectivity index (χ3v) is 4.90. The number of carbonyl (C=O) groups excluding carboxylic acids is 1. The molecule has 0 unspecified atom stereocenters. The van der Waals surface area contributed by atoms with Crippen LogP contribution in [0.3, 0.4) is 0 Å². The quantitative estimate of drug-likeness (QED) is 0.773. The topological polar surface area (TPSA) is 50.7 Å². The number of nitrogens with zero attached hydrogens (tertiary/aromatic N) is 1. The summed E-state index contributed by atoms with van der Waals surface area (Å²) in [5.41, 5.74) is 2.53. The molecule has 3 rings (SSSR count). The molecule has 0 aliphatic carbocycles. The van der Waals surface area contributed by atoms with Crippen LogP contribution in [0.4, 0.5) is 5.69 Å². The van der Waals surface area contributed by atoms with Gasteiger partial charge in [-0.1, -0.05) is 29.8 Å². The lowest BCUT2D eigenvalue weighted by atomic mass is 10.2. The first-order valence-electron chi connectivity index (χ1n) is 7.84. The van der Waals surface area contributed by atoms with Gasteiger partial charge in [0.25, 0.3) is 5.91 Å². The minimum absolute atomic E-state index is 0.162. The van der Waals surface area contributed by atoms with Gasteiger partial charge in [-0.15, -0.1) is 0 Å². The summed E-state index contributed by atoms with van der Waals surface area (Å²) in [5.74, 6) is 0.619. The number of aliphatic imine (C=N–C) groups is 1. The largest absolute Gasteiger partial charge is 0.494 e. The average Bonchev–Trinajstić information content (AvgIpc) is 2.92. The van der Waals surface area contributed by atoms with Gasteiger partial charge < -0.3 is 10.1 Å². The van der Waals surface area contributed by atoms with Crippen molar-refractivity contribution >= 4 is 46.2 Å². The maximum Gasteiger partial charge on any atom is 0.264 e. The van der Waals surface area contributed by atoms with Crippen LogP contribution in [0.25, 0.3) is 6.08 Å². The van der Waals surface area contributed by atoms with Crippen molar-refractivity contribution in [2.24, 2.45) is 4.99 Å². The molecule has 0 saturated carbocycles. The Labute approximate surface area is 155 Å². The fourth-order valence-electron chi connectivity index (χ4n) is 2.32. The average molecular weight is 373 g/mol. The third kappa shape index (κ3) is 4.24. The molecule has 0 atom stereocenters. The van der Waals surface area contributed by atoms with Crippen molar-refractivity contribution in [1.29, 1.82) is 0 Å². The number of hydrogen-bond donors (Lipinski definition) is 1. The molecule has 2 aromatic rings. The van der Waals surface area contributed by atoms with Gasteiger partial charge in [-0.2, -0.15) is 0 Å². The number of halogens is 1. The highest BCUT2D eigenvalue weighted by Crippen LogP contribution is 2.31. The molecule has 1 saturated heterocycles. The SMILES string of the molecule is CCOc1cccc(/C=C2/SC(=Nc3cccc(Cl)c3C)NC2=O)c1. The number of amidine groups is 1. The molecule has 25 heavy (non-hydrogen) atoms. The molecule has 1 amide bonds. The number of benzene rings is 2. The van der Waals surface area contributed by atoms with Gasteiger partial charge in [0, 0.05) is 5.02 Å². The summed E-state index contributed by atoms with van der Waals surface area (Å²) >= 11 is 7.43. The monoisotopic (exact) mass is 372 g/mol. The Morgan fingerprint density at radius 2 is 2.08 bits per heavy atom. The summed E-state index contributed by atoms with van der Waals surface area (Å²) in [6.07, 6.45) is 1.83. The normalized spacial score (nSPS) is 17.2. The Morgan fingerprint density at radius 3 is 2.88 bits per heavy atom. The molecule has 1 aliphatic rings. The minimum Gasteiger partial charge on any atom is -0.494 e. The number of nitrogens with one attached hydrogen (secondary N) is 1. The predicted octanol–water partition coefficient (Wildman–Crippen LogP) is 4.94. The molecule has 1 aliphatic heterocycles. The number of ether oxygens (including phenoxy) is 1. The molecule has 2 aromatic carbocycles. The lowest BCUT2D eigenvalue weighted by Crippen LogP contribution is -2.19. The molecule has 1 heterocycles. The summed E-state index contributed by atoms with van der Waals surface area (Å²) in [5, 5.41) is 3.99. The fourth-order valence-corrected chi connectivity index (χ4v) is 3.32. The van der Waals surface area contributed by atoms with Crippen LogP contribution in [0.5, 0.6) is 5.75 Å². The van der Waals surface area contributed by atoms with Crippen LogP contribution in [0, 0.1) is 6.92 Å². The molecule has 1 N–H and O–H groups in total. The Morgan fingerprint density at radius 1 is 1.28 bits per heavy atom. The number of thioether (sulfide) groups is 1. The molecule has 128 valence electrons. The van der Waals surface area contributed by atoms with Crippen LogP contribution in [-0.2, 0) is 4.79 Å². The molecular formula is C19H17ClN2O2S. The maximum absolute atomic E-state index is 12.2. The molecule has 6 heteroatoms. The van der Waals surface area contributed by atoms with E-state index < -0.39 is 0 Å². The van der Waals surface area contributed by atoms with E-state index in [1.807, 2.05) is 62.4 Å². The van der Waals surface area contributed by atoms with Crippen molar-refractivity contribution in [3.63, 3.8) is 0 Å². The standard InChI is InChI=1S/C19H17ClN2O2S/c1-3-24-14-7-4-6-13(10-14)11-17-18(23)22-19(25-17)21-16-9-5-8-15(20)12(16)2/h4-11H,3H2,1-2H3,(H,21,22,23)/b17-11+. The lowest BCUT2D eigenvalue weighted by Gasteiger charge is -2.03. The molecular weight excluding hydrogens is 356 g/mol. The zero-order valence-corrected chi connectivity index (χ0v) is 15.4. The van der Waals surface area contributed by atoms with Crippen molar-refractivity contribution < 1.29 is 9.53 Å². The van der Waals surface area contributed by atoms with Gasteiger partial charge in [0.05, 0.1) is 17.2 Å². The van der Waals surface area contributed by atoms with E-state index in [2.05, 4.69) is 10.3 Å². The van der Waals surface area contributed by atoms with Crippen LogP contribution in [-0.4, -0.2) is 17.7 Å². The Hall–Kier alpha value is -2.24. The highest BCUT2D eigenvalue weighted by molar-refractivity contribution is 8.18. The smallest absolute Gasteiger partial charge is 0.264 e. The predicted molar refractivity (Wildman–Crippen MR) is 105 cm³/mol. The van der Waals surface area contributed by atoms with Crippen molar-refractivity contribution in [2.45, 2.75) is 13.8 Å². The second-order valence-electron chi connectivity index (χ2n) is 5.37. The number of carbonyl (C=O) groups is 1. The molecule has 0 aromatic heterocycles. The van der Waals surface area contributed by atoms with Gasteiger partial charge in [0.2, 0.25) is 0 Å². The van der Waals surface area contributed by atoms with Gasteiger partial charge in [0.15, 0.2) is 5.17 Å². The molecule has 0 bridgehead atoms. The first-order valence-corrected chi connectivity index (χ1v) is 9.04. The Bertz CT molecular complexity index is 877.